The highest BCUT2D eigenvalue weighted by atomic mass is 32.2. The van der Waals surface area contributed by atoms with E-state index >= 15 is 0 Å². The summed E-state index contributed by atoms with van der Waals surface area (Å²) in [7, 11) is -1.55. The zero-order valence-corrected chi connectivity index (χ0v) is 19.5. The van der Waals surface area contributed by atoms with Crippen LogP contribution in [0.4, 0.5) is 0 Å². The Morgan fingerprint density at radius 2 is 1.67 bits per heavy atom. The molecule has 1 saturated heterocycles. The molecule has 0 amide bonds. The molecule has 9 heteroatoms. The third kappa shape index (κ3) is 4.39. The Balaban J connectivity index is 1.38. The maximum Gasteiger partial charge on any atom is 0.243 e. The summed E-state index contributed by atoms with van der Waals surface area (Å²) in [6.07, 6.45) is 6.31. The van der Waals surface area contributed by atoms with E-state index in [9.17, 15) is 8.42 Å². The Kier molecular flexibility index (Phi) is 6.43. The Hall–Kier alpha value is -1.55. The first-order chi connectivity index (χ1) is 14.4. The van der Waals surface area contributed by atoms with Crippen LogP contribution in [-0.2, 0) is 23.7 Å². The third-order valence-electron chi connectivity index (χ3n) is 6.52. The van der Waals surface area contributed by atoms with Crippen molar-refractivity contribution in [2.75, 3.05) is 26.2 Å². The summed E-state index contributed by atoms with van der Waals surface area (Å²) in [6.45, 7) is 4.80. The van der Waals surface area contributed by atoms with E-state index in [4.69, 9.17) is 12.2 Å². The van der Waals surface area contributed by atoms with Crippen molar-refractivity contribution in [1.29, 1.82) is 0 Å². The molecule has 2 aliphatic rings. The predicted octanol–water partition coefficient (Wildman–Crippen LogP) is 3.27. The summed E-state index contributed by atoms with van der Waals surface area (Å²) in [5.74, 6) is 1.46. The van der Waals surface area contributed by atoms with E-state index in [1.165, 1.54) is 37.7 Å². The quantitative estimate of drug-likeness (QED) is 0.656. The average molecular weight is 450 g/mol. The fourth-order valence-corrected chi connectivity index (χ4v) is 6.14. The summed E-state index contributed by atoms with van der Waals surface area (Å²) >= 11 is 5.42. The van der Waals surface area contributed by atoms with Gasteiger partial charge < -0.3 is 4.57 Å². The molecule has 0 radical (unpaired) electrons. The third-order valence-corrected chi connectivity index (χ3v) is 8.92. The van der Waals surface area contributed by atoms with Crippen molar-refractivity contribution in [2.45, 2.75) is 56.5 Å². The van der Waals surface area contributed by atoms with Crippen LogP contribution in [0.2, 0.25) is 0 Å². The summed E-state index contributed by atoms with van der Waals surface area (Å²) in [4.78, 5) is 2.60. The molecule has 2 heterocycles. The number of benzene rings is 1. The Bertz CT molecular complexity index is 1030. The second-order valence-corrected chi connectivity index (χ2v) is 10.8. The van der Waals surface area contributed by atoms with Crippen LogP contribution < -0.4 is 0 Å². The molecule has 1 aliphatic heterocycles. The number of hydrogen-bond acceptors (Lipinski definition) is 5. The minimum Gasteiger partial charge on any atom is -0.307 e. The standard InChI is InChI=1S/C21H31N5O2S2/c1-17-22-26(21(29)23(17)2)16-24-12-14-25(15-13-24)30(27,28)20-10-8-19(9-11-20)18-6-4-3-5-7-18/h8-11,18H,3-7,12-16H2,1-2H3. The molecule has 30 heavy (non-hydrogen) atoms. The van der Waals surface area contributed by atoms with Crippen molar-refractivity contribution >= 4 is 22.2 Å². The average Bonchev–Trinajstić information content (AvgIpc) is 3.01. The Morgan fingerprint density at radius 3 is 2.23 bits per heavy atom. The van der Waals surface area contributed by atoms with E-state index in [0.717, 1.165) is 5.82 Å². The van der Waals surface area contributed by atoms with Crippen LogP contribution in [0.1, 0.15) is 49.4 Å². The molecule has 1 aromatic carbocycles. The van der Waals surface area contributed by atoms with Gasteiger partial charge in [0.2, 0.25) is 10.0 Å². The number of rotatable bonds is 5. The fourth-order valence-electron chi connectivity index (χ4n) is 4.49. The van der Waals surface area contributed by atoms with E-state index in [0.29, 0.717) is 48.4 Å². The van der Waals surface area contributed by atoms with Gasteiger partial charge in [-0.05, 0) is 55.6 Å². The lowest BCUT2D eigenvalue weighted by Crippen LogP contribution is -2.48. The van der Waals surface area contributed by atoms with Gasteiger partial charge in [0.05, 0.1) is 11.6 Å². The van der Waals surface area contributed by atoms with Gasteiger partial charge in [-0.15, -0.1) is 0 Å². The molecule has 1 aromatic heterocycles. The van der Waals surface area contributed by atoms with Crippen molar-refractivity contribution in [3.05, 3.63) is 40.4 Å². The Labute approximate surface area is 184 Å². The zero-order chi connectivity index (χ0) is 21.3. The van der Waals surface area contributed by atoms with E-state index in [-0.39, 0.29) is 0 Å². The van der Waals surface area contributed by atoms with Crippen molar-refractivity contribution in [2.24, 2.45) is 7.05 Å². The van der Waals surface area contributed by atoms with Gasteiger partial charge in [-0.1, -0.05) is 31.4 Å². The fraction of sp³-hybridized carbons (Fsp3) is 0.619. The van der Waals surface area contributed by atoms with Crippen LogP contribution in [0, 0.1) is 11.7 Å². The van der Waals surface area contributed by atoms with Gasteiger partial charge in [0, 0.05) is 33.2 Å². The van der Waals surface area contributed by atoms with Crippen LogP contribution in [0.3, 0.4) is 0 Å². The first-order valence-corrected chi connectivity index (χ1v) is 12.6. The van der Waals surface area contributed by atoms with E-state index in [1.54, 1.807) is 21.1 Å². The molecule has 2 fully saturated rings. The number of aryl methyl sites for hydroxylation is 1. The number of nitrogens with zero attached hydrogens (tertiary/aromatic N) is 5. The second kappa shape index (κ2) is 8.90. The maximum absolute atomic E-state index is 13.1. The summed E-state index contributed by atoms with van der Waals surface area (Å²) in [6, 6.07) is 7.62. The topological polar surface area (TPSA) is 63.4 Å². The molecule has 0 unspecified atom stereocenters. The summed E-state index contributed by atoms with van der Waals surface area (Å²) < 4.78 is 32.2. The number of piperazine rings is 1. The minimum atomic E-state index is -3.46. The van der Waals surface area contributed by atoms with Gasteiger partial charge in [0.1, 0.15) is 5.82 Å². The maximum atomic E-state index is 13.1. The molecule has 0 atom stereocenters. The van der Waals surface area contributed by atoms with Crippen LogP contribution in [0.25, 0.3) is 0 Å². The minimum absolute atomic E-state index is 0.401. The molecule has 2 aromatic rings. The Morgan fingerprint density at radius 1 is 1.03 bits per heavy atom. The van der Waals surface area contributed by atoms with Crippen molar-refractivity contribution in [3.63, 3.8) is 0 Å². The lowest BCUT2D eigenvalue weighted by atomic mass is 9.84. The van der Waals surface area contributed by atoms with Crippen LogP contribution in [0.5, 0.6) is 0 Å². The molecule has 4 rings (SSSR count). The zero-order valence-electron chi connectivity index (χ0n) is 17.8. The summed E-state index contributed by atoms with van der Waals surface area (Å²) in [5.41, 5.74) is 1.28. The largest absolute Gasteiger partial charge is 0.307 e. The highest BCUT2D eigenvalue weighted by molar-refractivity contribution is 7.89. The van der Waals surface area contributed by atoms with Gasteiger partial charge in [-0.2, -0.15) is 9.40 Å². The lowest BCUT2D eigenvalue weighted by Gasteiger charge is -2.33. The molecule has 0 spiro atoms. The van der Waals surface area contributed by atoms with Gasteiger partial charge in [0.25, 0.3) is 0 Å². The van der Waals surface area contributed by atoms with Crippen LogP contribution in [0.15, 0.2) is 29.2 Å². The van der Waals surface area contributed by atoms with E-state index < -0.39 is 10.0 Å². The molecule has 164 valence electrons. The molecule has 0 N–H and O–H groups in total. The monoisotopic (exact) mass is 449 g/mol. The lowest BCUT2D eigenvalue weighted by molar-refractivity contribution is 0.144. The van der Waals surface area contributed by atoms with Gasteiger partial charge in [-0.25, -0.2) is 13.1 Å². The van der Waals surface area contributed by atoms with E-state index in [1.807, 2.05) is 30.7 Å². The van der Waals surface area contributed by atoms with Crippen LogP contribution in [-0.4, -0.2) is 58.1 Å². The van der Waals surface area contributed by atoms with Gasteiger partial charge in [-0.3, -0.25) is 4.90 Å². The van der Waals surface area contributed by atoms with Crippen LogP contribution >= 0.6 is 12.2 Å². The molecule has 0 bridgehead atoms. The van der Waals surface area contributed by atoms with Crippen molar-refractivity contribution < 1.29 is 8.42 Å². The van der Waals surface area contributed by atoms with Gasteiger partial charge >= 0.3 is 0 Å². The first kappa shape index (κ1) is 21.7. The first-order valence-electron chi connectivity index (χ1n) is 10.8. The highest BCUT2D eigenvalue weighted by Crippen LogP contribution is 2.33. The van der Waals surface area contributed by atoms with E-state index in [2.05, 4.69) is 10.00 Å². The molecule has 1 aliphatic carbocycles. The SMILES string of the molecule is Cc1nn(CN2CCN(S(=O)(=O)c3ccc(C4CCCCC4)cc3)CC2)c(=S)n1C. The molecular weight excluding hydrogens is 418 g/mol. The smallest absolute Gasteiger partial charge is 0.243 e. The molecular formula is C21H31N5O2S2. The number of sulfonamides is 1. The van der Waals surface area contributed by atoms with Crippen molar-refractivity contribution in [1.82, 2.24) is 23.6 Å². The van der Waals surface area contributed by atoms with Gasteiger partial charge in [0.15, 0.2) is 4.77 Å². The molecule has 7 nitrogen and oxygen atoms in total. The second-order valence-electron chi connectivity index (χ2n) is 8.46. The van der Waals surface area contributed by atoms with Crippen molar-refractivity contribution in [3.8, 4) is 0 Å². The number of aromatic nitrogens is 3. The highest BCUT2D eigenvalue weighted by Gasteiger charge is 2.29. The predicted molar refractivity (Wildman–Crippen MR) is 119 cm³/mol. The molecule has 1 saturated carbocycles. The summed E-state index contributed by atoms with van der Waals surface area (Å²) in [5, 5.41) is 4.47. The normalized spacial score (nSPS) is 19.9. The number of hydrogen-bond donors (Lipinski definition) is 0.